The van der Waals surface area contributed by atoms with E-state index in [9.17, 15) is 23.2 Å². The Morgan fingerprint density at radius 1 is 1.39 bits per heavy atom. The predicted molar refractivity (Wildman–Crippen MR) is 100 cm³/mol. The Balaban J connectivity index is 1.52. The summed E-state index contributed by atoms with van der Waals surface area (Å²) in [5.74, 6) is -4.07. The van der Waals surface area contributed by atoms with Gasteiger partial charge in [-0.05, 0) is 17.7 Å². The number of alkyl halides is 2. The average Bonchev–Trinajstić information content (AvgIpc) is 2.97. The Labute approximate surface area is 174 Å². The lowest BCUT2D eigenvalue weighted by molar-refractivity contribution is -0.140. The summed E-state index contributed by atoms with van der Waals surface area (Å²) >= 11 is 0. The van der Waals surface area contributed by atoms with E-state index in [0.717, 1.165) is 12.3 Å². The van der Waals surface area contributed by atoms with Crippen molar-refractivity contribution in [1.29, 1.82) is 0 Å². The lowest BCUT2D eigenvalue weighted by Gasteiger charge is -2.30. The zero-order valence-corrected chi connectivity index (χ0v) is 16.8. The summed E-state index contributed by atoms with van der Waals surface area (Å²) in [5.41, 5.74) is -0.471. The van der Waals surface area contributed by atoms with E-state index in [-0.39, 0.29) is 12.4 Å². The topological polar surface area (TPSA) is 145 Å². The number of pyridine rings is 1. The van der Waals surface area contributed by atoms with Crippen LogP contribution in [0.2, 0.25) is 0 Å². The van der Waals surface area contributed by atoms with Gasteiger partial charge in [0.25, 0.3) is 0 Å². The average molecular weight is 460 g/mol. The zero-order valence-electron chi connectivity index (χ0n) is 15.9. The van der Waals surface area contributed by atoms with Crippen LogP contribution in [0.1, 0.15) is 24.3 Å². The van der Waals surface area contributed by atoms with Gasteiger partial charge in [0, 0.05) is 25.0 Å². The van der Waals surface area contributed by atoms with Gasteiger partial charge in [0.15, 0.2) is 6.10 Å². The summed E-state index contributed by atoms with van der Waals surface area (Å²) in [7, 11) is -3.91. The minimum absolute atomic E-state index is 0.101. The highest BCUT2D eigenvalue weighted by atomic mass is 31.2. The van der Waals surface area contributed by atoms with Gasteiger partial charge in [0.2, 0.25) is 6.23 Å². The van der Waals surface area contributed by atoms with E-state index in [2.05, 4.69) is 15.1 Å². The lowest BCUT2D eigenvalue weighted by atomic mass is 10.1. The molecule has 4 rings (SSSR count). The molecule has 0 aromatic carbocycles. The summed E-state index contributed by atoms with van der Waals surface area (Å²) in [6, 6.07) is 4.56. The predicted octanol–water partition coefficient (Wildman–Crippen LogP) is 1.22. The van der Waals surface area contributed by atoms with Gasteiger partial charge >= 0.3 is 19.4 Å². The molecule has 2 aliphatic heterocycles. The van der Waals surface area contributed by atoms with Crippen molar-refractivity contribution in [2.75, 3.05) is 18.3 Å². The number of halogens is 2. The molecule has 14 heteroatoms. The quantitative estimate of drug-likeness (QED) is 0.557. The molecule has 168 valence electrons. The maximum atomic E-state index is 14.3. The van der Waals surface area contributed by atoms with Crippen molar-refractivity contribution >= 4 is 13.6 Å². The molecule has 0 amide bonds. The van der Waals surface area contributed by atoms with Crippen molar-refractivity contribution in [2.24, 2.45) is 0 Å². The minimum atomic E-state index is -3.91. The van der Waals surface area contributed by atoms with Gasteiger partial charge in [-0.15, -0.1) is 0 Å². The van der Waals surface area contributed by atoms with E-state index in [1.165, 1.54) is 0 Å². The number of ether oxygens (including phenoxy) is 1. The molecule has 0 saturated carbocycles. The van der Waals surface area contributed by atoms with Gasteiger partial charge in [-0.3, -0.25) is 23.7 Å². The van der Waals surface area contributed by atoms with Crippen LogP contribution in [0.3, 0.4) is 0 Å². The number of aromatic nitrogens is 3. The summed E-state index contributed by atoms with van der Waals surface area (Å²) in [6.07, 6.45) is -2.07. The number of nitrogens with one attached hydrogen (secondary N) is 1. The van der Waals surface area contributed by atoms with Gasteiger partial charge < -0.3 is 14.9 Å². The molecule has 3 N–H and O–H groups in total. The van der Waals surface area contributed by atoms with E-state index >= 15 is 0 Å². The second-order valence-corrected chi connectivity index (χ2v) is 8.63. The molecular formula is C17H19F2N4O7P. The van der Waals surface area contributed by atoms with Crippen molar-refractivity contribution in [3.8, 4) is 0 Å². The van der Waals surface area contributed by atoms with Gasteiger partial charge in [0.05, 0.1) is 19.3 Å². The molecule has 5 atom stereocenters. The second kappa shape index (κ2) is 8.34. The largest absolute Gasteiger partial charge is 0.434 e. The van der Waals surface area contributed by atoms with Crippen LogP contribution in [0.25, 0.3) is 0 Å². The zero-order chi connectivity index (χ0) is 22.2. The molecule has 31 heavy (non-hydrogen) atoms. The van der Waals surface area contributed by atoms with Gasteiger partial charge in [-0.2, -0.15) is 13.8 Å². The molecule has 2 aromatic heterocycles. The Bertz CT molecular complexity index is 1040. The third-order valence-corrected chi connectivity index (χ3v) is 6.41. The number of rotatable bonds is 5. The first-order chi connectivity index (χ1) is 14.7. The lowest BCUT2D eigenvalue weighted by Crippen LogP contribution is -2.41. The molecule has 2 fully saturated rings. The molecular weight excluding hydrogens is 441 g/mol. The fraction of sp³-hybridized carbons (Fsp3) is 0.471. The number of aliphatic hydroxyl groups is 2. The van der Waals surface area contributed by atoms with Crippen LogP contribution < -0.4 is 10.8 Å². The Kier molecular flexibility index (Phi) is 5.90. The molecule has 11 nitrogen and oxygen atoms in total. The summed E-state index contributed by atoms with van der Waals surface area (Å²) in [6.45, 7) is -0.755. The summed E-state index contributed by atoms with van der Waals surface area (Å²) in [4.78, 5) is 19.9. The number of anilines is 1. The first-order valence-corrected chi connectivity index (χ1v) is 10.8. The van der Waals surface area contributed by atoms with Crippen molar-refractivity contribution in [2.45, 2.75) is 36.9 Å². The van der Waals surface area contributed by atoms with Crippen molar-refractivity contribution in [1.82, 2.24) is 14.5 Å². The van der Waals surface area contributed by atoms with E-state index in [4.69, 9.17) is 18.9 Å². The summed E-state index contributed by atoms with van der Waals surface area (Å²) in [5, 5.41) is 21.1. The van der Waals surface area contributed by atoms with Crippen molar-refractivity contribution in [3.05, 3.63) is 52.8 Å². The van der Waals surface area contributed by atoms with E-state index < -0.39 is 50.5 Å². The number of nitrogens with zero attached hydrogens (tertiary/aromatic N) is 3. The Morgan fingerprint density at radius 2 is 2.19 bits per heavy atom. The number of aliphatic hydroxyl groups excluding tert-OH is 2. The molecule has 2 saturated heterocycles. The van der Waals surface area contributed by atoms with Crippen molar-refractivity contribution in [3.63, 3.8) is 0 Å². The highest BCUT2D eigenvalue weighted by molar-refractivity contribution is 7.55. The highest BCUT2D eigenvalue weighted by Gasteiger charge is 2.59. The normalized spacial score (nSPS) is 32.6. The van der Waals surface area contributed by atoms with E-state index in [1.54, 1.807) is 24.5 Å². The van der Waals surface area contributed by atoms with Gasteiger partial charge in [-0.25, -0.2) is 9.36 Å². The molecule has 4 heterocycles. The van der Waals surface area contributed by atoms with E-state index in [1.807, 2.05) is 0 Å². The number of hydrogen-bond donors (Lipinski definition) is 3. The molecule has 0 spiro atoms. The first kappa shape index (κ1) is 21.9. The third kappa shape index (κ3) is 4.25. The monoisotopic (exact) mass is 460 g/mol. The van der Waals surface area contributed by atoms with E-state index in [0.29, 0.717) is 16.6 Å². The van der Waals surface area contributed by atoms with Crippen LogP contribution in [0.4, 0.5) is 14.6 Å². The van der Waals surface area contributed by atoms with Gasteiger partial charge in [-0.1, -0.05) is 6.07 Å². The second-order valence-electron chi connectivity index (χ2n) is 6.94. The molecule has 3 unspecified atom stereocenters. The third-order valence-electron chi connectivity index (χ3n) is 4.86. The standard InChI is InChI=1S/C17H19F2N4O7P/c18-17(19)14(25)12(9-24)29-15(17)23-6-3-13(21-16(23)26)22-31(27)28-7-4-11(30-31)10-2-1-5-20-8-10/h1-3,5-6,8,11-12,14-15,24-25H,4,7,9H2,(H,21,22,26,27)/t11?,12-,14?,15-,31?/m1/s1. The van der Waals surface area contributed by atoms with Crippen LogP contribution >= 0.6 is 7.75 Å². The number of hydrogen-bond acceptors (Lipinski definition) is 9. The highest BCUT2D eigenvalue weighted by Crippen LogP contribution is 2.55. The maximum absolute atomic E-state index is 14.3. The SMILES string of the molecule is O=c1nc(NP2(=O)OCCC(c3cccnc3)O2)ccn1[C@@H]1O[C@H](CO)C(O)C1(F)F. The van der Waals surface area contributed by atoms with Crippen LogP contribution in [0, 0.1) is 0 Å². The minimum Gasteiger partial charge on any atom is -0.394 e. The Morgan fingerprint density at radius 3 is 2.84 bits per heavy atom. The molecule has 0 aliphatic carbocycles. The summed E-state index contributed by atoms with van der Waals surface area (Å²) < 4.78 is 57.6. The van der Waals surface area contributed by atoms with Gasteiger partial charge in [0.1, 0.15) is 11.9 Å². The first-order valence-electron chi connectivity index (χ1n) is 9.26. The van der Waals surface area contributed by atoms with Crippen LogP contribution in [0.5, 0.6) is 0 Å². The fourth-order valence-electron chi connectivity index (χ4n) is 3.30. The van der Waals surface area contributed by atoms with Crippen LogP contribution in [-0.4, -0.2) is 56.1 Å². The maximum Gasteiger partial charge on any atom is 0.434 e. The molecule has 2 aromatic rings. The van der Waals surface area contributed by atoms with Crippen LogP contribution in [0.15, 0.2) is 41.6 Å². The van der Waals surface area contributed by atoms with Crippen LogP contribution in [-0.2, 0) is 18.3 Å². The van der Waals surface area contributed by atoms with Crippen molar-refractivity contribution < 1.29 is 37.3 Å². The molecule has 0 radical (unpaired) electrons. The smallest absolute Gasteiger partial charge is 0.394 e. The fourth-order valence-corrected chi connectivity index (χ4v) is 4.79. The Hall–Kier alpha value is -2.28. The molecule has 2 aliphatic rings. The molecule has 0 bridgehead atoms.